The minimum atomic E-state index is -0.971. The van der Waals surface area contributed by atoms with Gasteiger partial charge in [-0.25, -0.2) is 9.69 Å². The molecule has 120 valence electrons. The number of carbonyl (C=O) groups is 3. The predicted octanol–water partition coefficient (Wildman–Crippen LogP) is 2.12. The molecule has 2 aliphatic heterocycles. The lowest BCUT2D eigenvalue weighted by molar-refractivity contribution is -0.138. The number of amides is 3. The Morgan fingerprint density at radius 3 is 2.52 bits per heavy atom. The highest BCUT2D eigenvalue weighted by Crippen LogP contribution is 2.42. The number of urea groups is 1. The number of benzene rings is 1. The number of nitrogens with zero attached hydrogens (tertiary/aromatic N) is 2. The van der Waals surface area contributed by atoms with Crippen LogP contribution >= 0.6 is 0 Å². The first-order valence-electron chi connectivity index (χ1n) is 7.48. The van der Waals surface area contributed by atoms with Crippen LogP contribution in [0, 0.1) is 11.8 Å². The topological polar surface area (TPSA) is 77.9 Å². The Hall–Kier alpha value is -2.63. The molecule has 0 bridgehead atoms. The molecular formula is C17H18N2O4. The third kappa shape index (κ3) is 2.40. The predicted molar refractivity (Wildman–Crippen MR) is 83.9 cm³/mol. The van der Waals surface area contributed by atoms with E-state index in [0.29, 0.717) is 12.2 Å². The number of carboxylic acids is 1. The Kier molecular flexibility index (Phi) is 3.67. The second-order valence-electron chi connectivity index (χ2n) is 6.10. The fraction of sp³-hybridized carbons (Fsp3) is 0.353. The van der Waals surface area contributed by atoms with E-state index in [9.17, 15) is 19.5 Å². The monoisotopic (exact) mass is 314 g/mol. The van der Waals surface area contributed by atoms with E-state index in [-0.39, 0.29) is 24.3 Å². The minimum absolute atomic E-state index is 0.152. The molecule has 1 N–H and O–H groups in total. The summed E-state index contributed by atoms with van der Waals surface area (Å²) >= 11 is 0. The number of rotatable bonds is 4. The number of carbonyl (C=O) groups excluding carboxylic acids is 2. The molecule has 2 fully saturated rings. The second-order valence-corrected chi connectivity index (χ2v) is 6.10. The fourth-order valence-corrected chi connectivity index (χ4v) is 3.57. The Morgan fingerprint density at radius 2 is 1.96 bits per heavy atom. The summed E-state index contributed by atoms with van der Waals surface area (Å²) < 4.78 is 0. The standard InChI is InChI=1S/C17H18N2O4/c1-10(2)13-9-18-15(12(13)8-14(20)21)16(22)19(17(18)23)11-6-4-3-5-7-11/h3-7,12-13,15H,1,8-9H2,2H3,(H,20,21)/t12-,13+,15-/m1/s1. The lowest BCUT2D eigenvalue weighted by Gasteiger charge is -2.22. The summed E-state index contributed by atoms with van der Waals surface area (Å²) in [6.07, 6.45) is -0.152. The van der Waals surface area contributed by atoms with E-state index in [4.69, 9.17) is 0 Å². The number of hydrogen-bond acceptors (Lipinski definition) is 3. The van der Waals surface area contributed by atoms with E-state index in [0.717, 1.165) is 10.5 Å². The first-order valence-corrected chi connectivity index (χ1v) is 7.48. The molecule has 0 radical (unpaired) electrons. The van der Waals surface area contributed by atoms with Crippen molar-refractivity contribution in [1.82, 2.24) is 4.90 Å². The van der Waals surface area contributed by atoms with Crippen molar-refractivity contribution >= 4 is 23.6 Å². The molecule has 0 aliphatic carbocycles. The van der Waals surface area contributed by atoms with Gasteiger partial charge in [0.05, 0.1) is 12.1 Å². The maximum atomic E-state index is 12.8. The number of imide groups is 1. The normalized spacial score (nSPS) is 26.6. The molecule has 3 rings (SSSR count). The van der Waals surface area contributed by atoms with Crippen LogP contribution in [0.3, 0.4) is 0 Å². The Balaban J connectivity index is 1.96. The highest BCUT2D eigenvalue weighted by Gasteiger charge is 2.56. The number of fused-ring (bicyclic) bond motifs is 1. The molecule has 1 aromatic rings. The number of carboxylic acid groups (broad SMARTS) is 1. The largest absolute Gasteiger partial charge is 0.481 e. The molecule has 1 aromatic carbocycles. The lowest BCUT2D eigenvalue weighted by Crippen LogP contribution is -2.37. The maximum absolute atomic E-state index is 12.8. The molecule has 0 saturated carbocycles. The second kappa shape index (κ2) is 5.53. The first kappa shape index (κ1) is 15.3. The number of aliphatic carboxylic acids is 1. The molecule has 2 aliphatic rings. The summed E-state index contributed by atoms with van der Waals surface area (Å²) in [5.74, 6) is -1.92. The number of hydrogen-bond donors (Lipinski definition) is 1. The summed E-state index contributed by atoms with van der Waals surface area (Å²) in [6, 6.07) is 7.60. The van der Waals surface area contributed by atoms with E-state index in [2.05, 4.69) is 6.58 Å². The van der Waals surface area contributed by atoms with E-state index in [1.807, 2.05) is 6.92 Å². The zero-order valence-electron chi connectivity index (χ0n) is 12.8. The highest BCUT2D eigenvalue weighted by atomic mass is 16.4. The molecule has 6 nitrogen and oxygen atoms in total. The summed E-state index contributed by atoms with van der Waals surface area (Å²) in [5.41, 5.74) is 1.32. The molecule has 3 atom stereocenters. The molecule has 0 spiro atoms. The molecule has 0 unspecified atom stereocenters. The van der Waals surface area contributed by atoms with Gasteiger partial charge in [0.15, 0.2) is 0 Å². The zero-order valence-corrected chi connectivity index (χ0v) is 12.8. The van der Waals surface area contributed by atoms with E-state index in [1.165, 1.54) is 4.90 Å². The summed E-state index contributed by atoms with van der Waals surface area (Å²) in [5, 5.41) is 9.17. The van der Waals surface area contributed by atoms with Crippen molar-refractivity contribution in [3.8, 4) is 0 Å². The van der Waals surface area contributed by atoms with E-state index in [1.54, 1.807) is 30.3 Å². The highest BCUT2D eigenvalue weighted by molar-refractivity contribution is 6.21. The van der Waals surface area contributed by atoms with Gasteiger partial charge in [-0.3, -0.25) is 9.59 Å². The van der Waals surface area contributed by atoms with E-state index >= 15 is 0 Å². The maximum Gasteiger partial charge on any atom is 0.332 e. The van der Waals surface area contributed by atoms with Crippen LogP contribution in [0.1, 0.15) is 13.3 Å². The van der Waals surface area contributed by atoms with Crippen molar-refractivity contribution in [2.45, 2.75) is 19.4 Å². The average Bonchev–Trinajstić information content (AvgIpc) is 2.97. The van der Waals surface area contributed by atoms with Crippen molar-refractivity contribution in [2.75, 3.05) is 11.4 Å². The van der Waals surface area contributed by atoms with Crippen molar-refractivity contribution in [1.29, 1.82) is 0 Å². The zero-order chi connectivity index (χ0) is 16.7. The summed E-state index contributed by atoms with van der Waals surface area (Å²) in [7, 11) is 0. The SMILES string of the molecule is C=C(C)[C@@H]1CN2C(=O)N(c3ccccc3)C(=O)[C@H]2[C@@H]1CC(=O)O. The molecule has 6 heteroatoms. The molecule has 2 saturated heterocycles. The fourth-order valence-electron chi connectivity index (χ4n) is 3.57. The van der Waals surface area contributed by atoms with Crippen molar-refractivity contribution < 1.29 is 19.5 Å². The summed E-state index contributed by atoms with van der Waals surface area (Å²) in [4.78, 5) is 39.3. The van der Waals surface area contributed by atoms with Gasteiger partial charge in [0.2, 0.25) is 0 Å². The van der Waals surface area contributed by atoms with Crippen LogP contribution in [0.4, 0.5) is 10.5 Å². The van der Waals surface area contributed by atoms with Crippen LogP contribution in [0.15, 0.2) is 42.5 Å². The van der Waals surface area contributed by atoms with Crippen molar-refractivity contribution in [3.63, 3.8) is 0 Å². The average molecular weight is 314 g/mol. The third-order valence-electron chi connectivity index (χ3n) is 4.62. The minimum Gasteiger partial charge on any atom is -0.481 e. The molecule has 0 aromatic heterocycles. The van der Waals surface area contributed by atoms with Crippen molar-refractivity contribution in [3.05, 3.63) is 42.5 Å². The molecule has 3 amide bonds. The van der Waals surface area contributed by atoms with Gasteiger partial charge in [0.1, 0.15) is 6.04 Å². The smallest absolute Gasteiger partial charge is 0.332 e. The van der Waals surface area contributed by atoms with Gasteiger partial charge in [-0.1, -0.05) is 30.4 Å². The molecule has 23 heavy (non-hydrogen) atoms. The third-order valence-corrected chi connectivity index (χ3v) is 4.62. The van der Waals surface area contributed by atoms with Crippen LogP contribution in [-0.4, -0.2) is 40.5 Å². The van der Waals surface area contributed by atoms with Gasteiger partial charge in [-0.05, 0) is 19.1 Å². The van der Waals surface area contributed by atoms with Gasteiger partial charge in [-0.2, -0.15) is 0 Å². The van der Waals surface area contributed by atoms with Gasteiger partial charge < -0.3 is 10.0 Å². The van der Waals surface area contributed by atoms with Crippen LogP contribution in [0.2, 0.25) is 0 Å². The number of anilines is 1. The van der Waals surface area contributed by atoms with Gasteiger partial charge >= 0.3 is 12.0 Å². The van der Waals surface area contributed by atoms with Gasteiger partial charge in [0.25, 0.3) is 5.91 Å². The molecule has 2 heterocycles. The Morgan fingerprint density at radius 1 is 1.30 bits per heavy atom. The summed E-state index contributed by atoms with van der Waals surface area (Å²) in [6.45, 7) is 6.04. The van der Waals surface area contributed by atoms with Crippen LogP contribution < -0.4 is 4.90 Å². The first-order chi connectivity index (χ1) is 10.9. The molecular weight excluding hydrogens is 296 g/mol. The Bertz CT molecular complexity index is 685. The Labute approximate surface area is 134 Å². The van der Waals surface area contributed by atoms with Gasteiger partial charge in [0, 0.05) is 18.4 Å². The van der Waals surface area contributed by atoms with Crippen LogP contribution in [0.5, 0.6) is 0 Å². The van der Waals surface area contributed by atoms with Crippen molar-refractivity contribution in [2.24, 2.45) is 11.8 Å². The quantitative estimate of drug-likeness (QED) is 0.682. The van der Waals surface area contributed by atoms with E-state index < -0.39 is 17.9 Å². The van der Waals surface area contributed by atoms with Crippen LogP contribution in [0.25, 0.3) is 0 Å². The number of para-hydroxylation sites is 1. The van der Waals surface area contributed by atoms with Crippen LogP contribution in [-0.2, 0) is 9.59 Å². The van der Waals surface area contributed by atoms with Gasteiger partial charge in [-0.15, -0.1) is 0 Å². The lowest BCUT2D eigenvalue weighted by atomic mass is 9.83.